The molecule has 0 aliphatic rings. The fraction of sp³-hybridized carbons (Fsp3) is 0.217. The summed E-state index contributed by atoms with van der Waals surface area (Å²) >= 11 is 4.34. The highest BCUT2D eigenvalue weighted by Gasteiger charge is 2.41. The number of likely N-dealkylation sites (N-methyl/N-ethyl adjacent to an activating group) is 1. The van der Waals surface area contributed by atoms with E-state index in [-0.39, 0.29) is 23.4 Å². The molecule has 0 bridgehead atoms. The molecule has 34 heavy (non-hydrogen) atoms. The van der Waals surface area contributed by atoms with E-state index in [0.29, 0.717) is 16.7 Å². The number of thiol groups is 1. The summed E-state index contributed by atoms with van der Waals surface area (Å²) in [6.45, 7) is 1.20. The van der Waals surface area contributed by atoms with Crippen LogP contribution in [0.25, 0.3) is 11.1 Å². The van der Waals surface area contributed by atoms with Gasteiger partial charge in [0.25, 0.3) is 11.8 Å². The standard InChI is InChI=1S/C23H23F3N4O3S/c1-14(11-27)19(34)22(28-2,21(33)30-13-31)12-29-20(32)18-6-4-3-5-17(18)15-7-9-16(10-8-15)23(24,25)26/h3-11,13,27-28,34H,12H2,1-2H3,(H,29,32)(H,30,31,33)/b19-14-,27-11?. The van der Waals surface area contributed by atoms with Crippen LogP contribution >= 0.6 is 12.6 Å². The van der Waals surface area contributed by atoms with Crippen LogP contribution < -0.4 is 16.0 Å². The lowest BCUT2D eigenvalue weighted by Crippen LogP contribution is -2.62. The molecule has 2 rings (SSSR count). The van der Waals surface area contributed by atoms with Crippen LogP contribution in [-0.4, -0.2) is 43.6 Å². The van der Waals surface area contributed by atoms with Gasteiger partial charge in [-0.15, -0.1) is 12.6 Å². The lowest BCUT2D eigenvalue weighted by Gasteiger charge is -2.33. The molecule has 0 saturated heterocycles. The molecule has 4 N–H and O–H groups in total. The Kier molecular flexibility index (Phi) is 8.77. The number of rotatable bonds is 9. The van der Waals surface area contributed by atoms with E-state index in [4.69, 9.17) is 5.41 Å². The smallest absolute Gasteiger partial charge is 0.349 e. The number of benzene rings is 2. The third kappa shape index (κ3) is 5.72. The Morgan fingerprint density at radius 2 is 1.71 bits per heavy atom. The van der Waals surface area contributed by atoms with Gasteiger partial charge in [0, 0.05) is 23.2 Å². The van der Waals surface area contributed by atoms with Crippen molar-refractivity contribution in [3.8, 4) is 11.1 Å². The van der Waals surface area contributed by atoms with Crippen molar-refractivity contribution >= 4 is 37.1 Å². The van der Waals surface area contributed by atoms with Gasteiger partial charge < -0.3 is 16.0 Å². The molecular formula is C23H23F3N4O3S. The second-order valence-corrected chi connectivity index (χ2v) is 7.67. The lowest BCUT2D eigenvalue weighted by atomic mass is 9.93. The zero-order valence-corrected chi connectivity index (χ0v) is 19.2. The van der Waals surface area contributed by atoms with Crippen molar-refractivity contribution in [3.05, 3.63) is 70.1 Å². The molecule has 0 aliphatic carbocycles. The Hall–Kier alpha value is -3.44. The molecular weight excluding hydrogens is 469 g/mol. The maximum absolute atomic E-state index is 13.1. The average Bonchev–Trinajstić information content (AvgIpc) is 2.83. The van der Waals surface area contributed by atoms with E-state index < -0.39 is 29.1 Å². The minimum atomic E-state index is -4.49. The van der Waals surface area contributed by atoms with Gasteiger partial charge in [-0.1, -0.05) is 30.3 Å². The number of hydrogen-bond acceptors (Lipinski definition) is 6. The largest absolute Gasteiger partial charge is 0.416 e. The zero-order chi connectivity index (χ0) is 25.5. The van der Waals surface area contributed by atoms with E-state index >= 15 is 0 Å². The molecule has 0 heterocycles. The first-order chi connectivity index (χ1) is 16.0. The molecule has 7 nitrogen and oxygen atoms in total. The normalized spacial score (nSPS) is 13.8. The Morgan fingerprint density at radius 1 is 1.09 bits per heavy atom. The van der Waals surface area contributed by atoms with Gasteiger partial charge in [0.1, 0.15) is 5.54 Å². The van der Waals surface area contributed by atoms with Gasteiger partial charge in [-0.3, -0.25) is 19.7 Å². The summed E-state index contributed by atoms with van der Waals surface area (Å²) in [5.74, 6) is -1.41. The number of carbonyl (C=O) groups excluding carboxylic acids is 3. The number of halogens is 3. The molecule has 1 unspecified atom stereocenters. The predicted molar refractivity (Wildman–Crippen MR) is 126 cm³/mol. The zero-order valence-electron chi connectivity index (χ0n) is 18.3. The number of hydrogen-bond donors (Lipinski definition) is 5. The maximum atomic E-state index is 13.1. The summed E-state index contributed by atoms with van der Waals surface area (Å²) in [6.07, 6.45) is -3.32. The molecule has 0 saturated carbocycles. The van der Waals surface area contributed by atoms with Crippen molar-refractivity contribution in [2.24, 2.45) is 0 Å². The number of nitrogens with one attached hydrogen (secondary N) is 4. The first-order valence-electron chi connectivity index (χ1n) is 9.91. The molecule has 0 spiro atoms. The topological polar surface area (TPSA) is 111 Å². The fourth-order valence-electron chi connectivity index (χ4n) is 3.25. The van der Waals surface area contributed by atoms with Crippen molar-refractivity contribution in [1.29, 1.82) is 5.41 Å². The minimum absolute atomic E-state index is 0.112. The van der Waals surface area contributed by atoms with Crippen molar-refractivity contribution < 1.29 is 27.6 Å². The monoisotopic (exact) mass is 492 g/mol. The first-order valence-corrected chi connectivity index (χ1v) is 10.4. The fourth-order valence-corrected chi connectivity index (χ4v) is 3.61. The second-order valence-electron chi connectivity index (χ2n) is 7.23. The predicted octanol–water partition coefficient (Wildman–Crippen LogP) is 3.19. The Bertz CT molecular complexity index is 1120. The molecule has 2 aromatic carbocycles. The number of amides is 3. The van der Waals surface area contributed by atoms with E-state index in [1.54, 1.807) is 18.2 Å². The van der Waals surface area contributed by atoms with E-state index in [0.717, 1.165) is 18.3 Å². The van der Waals surface area contributed by atoms with Gasteiger partial charge in [0.05, 0.1) is 5.56 Å². The van der Waals surface area contributed by atoms with Crippen LogP contribution in [0.5, 0.6) is 0 Å². The number of alkyl halides is 3. The molecule has 180 valence electrons. The molecule has 1 atom stereocenters. The third-order valence-corrected chi connectivity index (χ3v) is 5.94. The molecule has 0 fully saturated rings. The minimum Gasteiger partial charge on any atom is -0.349 e. The van der Waals surface area contributed by atoms with Crippen LogP contribution in [-0.2, 0) is 15.8 Å². The van der Waals surface area contributed by atoms with Crippen LogP contribution in [0.4, 0.5) is 13.2 Å². The maximum Gasteiger partial charge on any atom is 0.416 e. The van der Waals surface area contributed by atoms with Crippen LogP contribution in [0.3, 0.4) is 0 Å². The van der Waals surface area contributed by atoms with Crippen molar-refractivity contribution in [1.82, 2.24) is 16.0 Å². The molecule has 11 heteroatoms. The first kappa shape index (κ1) is 26.8. The number of imide groups is 1. The Morgan fingerprint density at radius 3 is 2.24 bits per heavy atom. The molecule has 0 aromatic heterocycles. The average molecular weight is 493 g/mol. The van der Waals surface area contributed by atoms with Gasteiger partial charge in [-0.05, 0) is 48.9 Å². The van der Waals surface area contributed by atoms with E-state index in [2.05, 4.69) is 23.3 Å². The summed E-state index contributed by atoms with van der Waals surface area (Å²) in [7, 11) is 1.43. The van der Waals surface area contributed by atoms with Crippen molar-refractivity contribution in [3.63, 3.8) is 0 Å². The summed E-state index contributed by atoms with van der Waals surface area (Å²) in [5.41, 5.74) is -1.21. The Labute approximate surface area is 199 Å². The van der Waals surface area contributed by atoms with E-state index in [9.17, 15) is 27.6 Å². The summed E-state index contributed by atoms with van der Waals surface area (Å²) < 4.78 is 38.7. The summed E-state index contributed by atoms with van der Waals surface area (Å²) in [5, 5.41) is 14.9. The molecule has 0 radical (unpaired) electrons. The van der Waals surface area contributed by atoms with E-state index in [1.807, 2.05) is 5.32 Å². The number of allylic oxidation sites excluding steroid dienone is 1. The SMILES string of the molecule is CNC(CNC(=O)c1ccccc1-c1ccc(C(F)(F)F)cc1)(C(=O)NC=O)/C(S)=C(\C)C=N. The highest BCUT2D eigenvalue weighted by Crippen LogP contribution is 2.32. The highest BCUT2D eigenvalue weighted by molar-refractivity contribution is 7.84. The van der Waals surface area contributed by atoms with Gasteiger partial charge in [0.2, 0.25) is 6.41 Å². The van der Waals surface area contributed by atoms with E-state index in [1.165, 1.54) is 32.2 Å². The van der Waals surface area contributed by atoms with Crippen LogP contribution in [0.15, 0.2) is 59.0 Å². The summed E-state index contributed by atoms with van der Waals surface area (Å²) in [4.78, 5) is 36.8. The van der Waals surface area contributed by atoms with Crippen LogP contribution in [0.2, 0.25) is 0 Å². The quantitative estimate of drug-likeness (QED) is 0.210. The van der Waals surface area contributed by atoms with Crippen molar-refractivity contribution in [2.75, 3.05) is 13.6 Å². The summed E-state index contributed by atoms with van der Waals surface area (Å²) in [6, 6.07) is 10.7. The lowest BCUT2D eigenvalue weighted by molar-refractivity contribution is -0.137. The van der Waals surface area contributed by atoms with Gasteiger partial charge in [-0.25, -0.2) is 0 Å². The molecule has 2 aromatic rings. The van der Waals surface area contributed by atoms with Crippen LogP contribution in [0, 0.1) is 5.41 Å². The number of carbonyl (C=O) groups is 3. The molecule has 3 amide bonds. The van der Waals surface area contributed by atoms with Gasteiger partial charge in [-0.2, -0.15) is 13.2 Å². The van der Waals surface area contributed by atoms with Crippen LogP contribution in [0.1, 0.15) is 22.8 Å². The van der Waals surface area contributed by atoms with Crippen molar-refractivity contribution in [2.45, 2.75) is 18.6 Å². The Balaban J connectivity index is 2.41. The molecule has 0 aliphatic heterocycles. The van der Waals surface area contributed by atoms with Gasteiger partial charge >= 0.3 is 6.18 Å². The van der Waals surface area contributed by atoms with Gasteiger partial charge in [0.15, 0.2) is 0 Å². The second kappa shape index (κ2) is 11.1. The third-order valence-electron chi connectivity index (χ3n) is 5.21. The highest BCUT2D eigenvalue weighted by atomic mass is 32.1.